The fraction of sp³-hybridized carbons (Fsp3) is 0.300. The maximum Gasteiger partial charge on any atom is 0.408 e. The second kappa shape index (κ2) is 8.44. The van der Waals surface area contributed by atoms with E-state index in [0.29, 0.717) is 16.8 Å². The van der Waals surface area contributed by atoms with Crippen LogP contribution < -0.4 is 10.2 Å². The fourth-order valence-electron chi connectivity index (χ4n) is 2.31. The van der Waals surface area contributed by atoms with Crippen LogP contribution in [-0.2, 0) is 9.53 Å². The Labute approximate surface area is 158 Å². The number of benzene rings is 1. The standard InChI is InChI=1S/C20H23N3O4/c1-20(2,3)27-19(26)22-13-17(24)23(4)16-12-21-11-10-15(16)18(25)14-8-6-5-7-9-14/h5-12H,13H2,1-4H3,(H,22,26). The van der Waals surface area contributed by atoms with Gasteiger partial charge in [-0.2, -0.15) is 0 Å². The van der Waals surface area contributed by atoms with Crippen LogP contribution in [0.3, 0.4) is 0 Å². The molecule has 0 radical (unpaired) electrons. The minimum Gasteiger partial charge on any atom is -0.444 e. The summed E-state index contributed by atoms with van der Waals surface area (Å²) in [6.45, 7) is 4.94. The summed E-state index contributed by atoms with van der Waals surface area (Å²) in [7, 11) is 1.53. The van der Waals surface area contributed by atoms with Crippen molar-refractivity contribution < 1.29 is 19.1 Å². The summed E-state index contributed by atoms with van der Waals surface area (Å²) in [5.41, 5.74) is 0.571. The van der Waals surface area contributed by atoms with Gasteiger partial charge in [0.05, 0.1) is 11.9 Å². The largest absolute Gasteiger partial charge is 0.444 e. The summed E-state index contributed by atoms with van der Waals surface area (Å²) in [4.78, 5) is 42.2. The van der Waals surface area contributed by atoms with Gasteiger partial charge in [-0.3, -0.25) is 14.6 Å². The number of carbonyl (C=O) groups is 3. The lowest BCUT2D eigenvalue weighted by Crippen LogP contribution is -2.41. The molecule has 1 heterocycles. The second-order valence-corrected chi connectivity index (χ2v) is 6.90. The first-order valence-electron chi connectivity index (χ1n) is 8.46. The lowest BCUT2D eigenvalue weighted by Gasteiger charge is -2.22. The molecule has 0 spiro atoms. The SMILES string of the molecule is CN(C(=O)CNC(=O)OC(C)(C)C)c1cnccc1C(=O)c1ccccc1. The molecule has 2 rings (SSSR count). The van der Waals surface area contributed by atoms with Crippen LogP contribution in [-0.4, -0.2) is 42.0 Å². The summed E-state index contributed by atoms with van der Waals surface area (Å²) >= 11 is 0. The number of carbonyl (C=O) groups excluding carboxylic acids is 3. The topological polar surface area (TPSA) is 88.6 Å². The van der Waals surface area contributed by atoms with Crippen LogP contribution in [0.25, 0.3) is 0 Å². The molecular formula is C20H23N3O4. The number of likely N-dealkylation sites (N-methyl/N-ethyl adjacent to an activating group) is 1. The number of hydrogen-bond donors (Lipinski definition) is 1. The summed E-state index contributed by atoms with van der Waals surface area (Å²) in [6.07, 6.45) is 2.26. The number of pyridine rings is 1. The lowest BCUT2D eigenvalue weighted by atomic mass is 10.0. The van der Waals surface area contributed by atoms with Gasteiger partial charge in [-0.25, -0.2) is 4.79 Å². The molecule has 0 aliphatic rings. The summed E-state index contributed by atoms with van der Waals surface area (Å²) in [5, 5.41) is 2.41. The van der Waals surface area contributed by atoms with Gasteiger partial charge in [0.25, 0.3) is 0 Å². The minimum atomic E-state index is -0.684. The van der Waals surface area contributed by atoms with E-state index >= 15 is 0 Å². The van der Waals surface area contributed by atoms with Crippen LogP contribution in [0.5, 0.6) is 0 Å². The molecule has 2 aromatic rings. The Hall–Kier alpha value is -3.22. The molecule has 2 amide bonds. The molecule has 0 bridgehead atoms. The average Bonchev–Trinajstić information content (AvgIpc) is 2.64. The zero-order valence-corrected chi connectivity index (χ0v) is 15.9. The second-order valence-electron chi connectivity index (χ2n) is 6.90. The van der Waals surface area contributed by atoms with Crippen LogP contribution in [0.1, 0.15) is 36.7 Å². The third-order valence-corrected chi connectivity index (χ3v) is 3.60. The van der Waals surface area contributed by atoms with Crippen molar-refractivity contribution in [1.29, 1.82) is 0 Å². The third-order valence-electron chi connectivity index (χ3n) is 3.60. The first-order valence-corrected chi connectivity index (χ1v) is 8.46. The van der Waals surface area contributed by atoms with Gasteiger partial charge in [0.2, 0.25) is 5.91 Å². The number of ether oxygens (including phenoxy) is 1. The molecular weight excluding hydrogens is 346 g/mol. The van der Waals surface area contributed by atoms with Gasteiger partial charge in [0.15, 0.2) is 5.78 Å². The maximum atomic E-state index is 12.8. The minimum absolute atomic E-state index is 0.215. The van der Waals surface area contributed by atoms with Gasteiger partial charge in [0, 0.05) is 24.4 Å². The van der Waals surface area contributed by atoms with Crippen molar-refractivity contribution >= 4 is 23.5 Å². The highest BCUT2D eigenvalue weighted by Crippen LogP contribution is 2.21. The molecule has 0 aliphatic heterocycles. The Balaban J connectivity index is 2.12. The summed E-state index contributed by atoms with van der Waals surface area (Å²) < 4.78 is 5.11. The number of nitrogens with one attached hydrogen (secondary N) is 1. The van der Waals surface area contributed by atoms with Gasteiger partial charge in [-0.1, -0.05) is 30.3 Å². The lowest BCUT2D eigenvalue weighted by molar-refractivity contribution is -0.117. The fourth-order valence-corrected chi connectivity index (χ4v) is 2.31. The van der Waals surface area contributed by atoms with E-state index < -0.39 is 17.6 Å². The predicted octanol–water partition coefficient (Wildman–Crippen LogP) is 2.80. The van der Waals surface area contributed by atoms with Crippen molar-refractivity contribution in [2.24, 2.45) is 0 Å². The molecule has 1 aromatic carbocycles. The van der Waals surface area contributed by atoms with E-state index in [2.05, 4.69) is 10.3 Å². The van der Waals surface area contributed by atoms with Crippen molar-refractivity contribution in [1.82, 2.24) is 10.3 Å². The molecule has 7 nitrogen and oxygen atoms in total. The number of nitrogens with zero attached hydrogens (tertiary/aromatic N) is 2. The van der Waals surface area contributed by atoms with Crippen molar-refractivity contribution in [3.63, 3.8) is 0 Å². The van der Waals surface area contributed by atoms with Crippen molar-refractivity contribution in [2.45, 2.75) is 26.4 Å². The number of amides is 2. The van der Waals surface area contributed by atoms with Gasteiger partial charge in [-0.15, -0.1) is 0 Å². The molecule has 0 saturated heterocycles. The molecule has 0 fully saturated rings. The van der Waals surface area contributed by atoms with Gasteiger partial charge < -0.3 is 15.0 Å². The molecule has 0 aliphatic carbocycles. The zero-order valence-electron chi connectivity index (χ0n) is 15.9. The van der Waals surface area contributed by atoms with E-state index in [1.807, 2.05) is 6.07 Å². The maximum absolute atomic E-state index is 12.8. The number of ketones is 1. The van der Waals surface area contributed by atoms with Crippen molar-refractivity contribution in [3.05, 3.63) is 59.9 Å². The monoisotopic (exact) mass is 369 g/mol. The Bertz CT molecular complexity index is 829. The highest BCUT2D eigenvalue weighted by atomic mass is 16.6. The zero-order chi connectivity index (χ0) is 20.0. The van der Waals surface area contributed by atoms with Gasteiger partial charge in [0.1, 0.15) is 12.1 Å². The molecule has 142 valence electrons. The van der Waals surface area contributed by atoms with E-state index in [1.54, 1.807) is 51.1 Å². The van der Waals surface area contributed by atoms with Crippen molar-refractivity contribution in [3.8, 4) is 0 Å². The van der Waals surface area contributed by atoms with Crippen LogP contribution in [0, 0.1) is 0 Å². The number of rotatable bonds is 5. The number of aromatic nitrogens is 1. The average molecular weight is 369 g/mol. The van der Waals surface area contributed by atoms with Crippen molar-refractivity contribution in [2.75, 3.05) is 18.5 Å². The van der Waals surface area contributed by atoms with Gasteiger partial charge in [-0.05, 0) is 26.8 Å². The Morgan fingerprint density at radius 3 is 2.41 bits per heavy atom. The normalized spacial score (nSPS) is 10.8. The van der Waals surface area contributed by atoms with E-state index in [0.717, 1.165) is 0 Å². The molecule has 0 saturated carbocycles. The smallest absolute Gasteiger partial charge is 0.408 e. The first-order chi connectivity index (χ1) is 12.7. The molecule has 1 N–H and O–H groups in total. The number of hydrogen-bond acceptors (Lipinski definition) is 5. The molecule has 7 heteroatoms. The third kappa shape index (κ3) is 5.64. The summed E-state index contributed by atoms with van der Waals surface area (Å²) in [5.74, 6) is -0.622. The Morgan fingerprint density at radius 2 is 1.78 bits per heavy atom. The molecule has 1 aromatic heterocycles. The number of alkyl carbamates (subject to hydrolysis) is 1. The van der Waals surface area contributed by atoms with Crippen LogP contribution >= 0.6 is 0 Å². The van der Waals surface area contributed by atoms with E-state index in [4.69, 9.17) is 4.74 Å². The highest BCUT2D eigenvalue weighted by molar-refractivity contribution is 6.14. The highest BCUT2D eigenvalue weighted by Gasteiger charge is 2.21. The Morgan fingerprint density at radius 1 is 1.11 bits per heavy atom. The Kier molecular flexibility index (Phi) is 6.28. The van der Waals surface area contributed by atoms with E-state index in [-0.39, 0.29) is 12.3 Å². The first kappa shape index (κ1) is 20.1. The number of anilines is 1. The quantitative estimate of drug-likeness (QED) is 0.819. The summed E-state index contributed by atoms with van der Waals surface area (Å²) in [6, 6.07) is 10.3. The van der Waals surface area contributed by atoms with Crippen LogP contribution in [0.2, 0.25) is 0 Å². The molecule has 27 heavy (non-hydrogen) atoms. The van der Waals surface area contributed by atoms with Gasteiger partial charge >= 0.3 is 6.09 Å². The predicted molar refractivity (Wildman–Crippen MR) is 102 cm³/mol. The van der Waals surface area contributed by atoms with E-state index in [1.165, 1.54) is 24.3 Å². The molecule has 0 atom stereocenters. The molecule has 0 unspecified atom stereocenters. The van der Waals surface area contributed by atoms with E-state index in [9.17, 15) is 14.4 Å². The van der Waals surface area contributed by atoms with Crippen LogP contribution in [0.4, 0.5) is 10.5 Å². The van der Waals surface area contributed by atoms with Crippen LogP contribution in [0.15, 0.2) is 48.8 Å².